The van der Waals surface area contributed by atoms with E-state index in [2.05, 4.69) is 68.4 Å². The Labute approximate surface area is 149 Å². The molecule has 0 saturated heterocycles. The Morgan fingerprint density at radius 2 is 2.00 bits per heavy atom. The fourth-order valence-corrected chi connectivity index (χ4v) is 3.21. The van der Waals surface area contributed by atoms with Gasteiger partial charge in [0.1, 0.15) is 5.82 Å². The Morgan fingerprint density at radius 3 is 2.88 bits per heavy atom. The Bertz CT molecular complexity index is 894. The molecule has 1 aliphatic rings. The van der Waals surface area contributed by atoms with E-state index >= 15 is 0 Å². The van der Waals surface area contributed by atoms with Crippen molar-refractivity contribution in [3.8, 4) is 0 Å². The Balaban J connectivity index is 1.61. The first kappa shape index (κ1) is 15.1. The highest BCUT2D eigenvalue weighted by atomic mass is 79.9. The maximum Gasteiger partial charge on any atom is 0.231 e. The van der Waals surface area contributed by atoms with Crippen molar-refractivity contribution in [2.24, 2.45) is 0 Å². The highest BCUT2D eigenvalue weighted by molar-refractivity contribution is 9.10. The lowest BCUT2D eigenvalue weighted by Gasteiger charge is -2.18. The first-order chi connectivity index (χ1) is 11.7. The summed E-state index contributed by atoms with van der Waals surface area (Å²) in [5.74, 6) is 1.53. The molecule has 2 heterocycles. The molecule has 1 aliphatic heterocycles. The molecule has 0 saturated carbocycles. The number of fused-ring (bicyclic) bond motifs is 1. The molecule has 4 rings (SSSR count). The van der Waals surface area contributed by atoms with Crippen molar-refractivity contribution >= 4 is 39.1 Å². The van der Waals surface area contributed by atoms with Crippen molar-refractivity contribution in [3.05, 3.63) is 70.3 Å². The zero-order valence-electron chi connectivity index (χ0n) is 13.3. The van der Waals surface area contributed by atoms with Gasteiger partial charge in [-0.1, -0.05) is 34.1 Å². The third-order valence-corrected chi connectivity index (χ3v) is 5.09. The number of hydrogen-bond acceptors (Lipinski definition) is 4. The second-order valence-corrected chi connectivity index (χ2v) is 6.72. The van der Waals surface area contributed by atoms with Crippen LogP contribution in [0.25, 0.3) is 0 Å². The summed E-state index contributed by atoms with van der Waals surface area (Å²) in [6, 6.07) is 16.5. The van der Waals surface area contributed by atoms with E-state index in [0.717, 1.165) is 34.9 Å². The summed E-state index contributed by atoms with van der Waals surface area (Å²) >= 11 is 3.53. The van der Waals surface area contributed by atoms with Gasteiger partial charge in [-0.2, -0.15) is 4.98 Å². The summed E-state index contributed by atoms with van der Waals surface area (Å²) in [5.41, 5.74) is 4.75. The largest absolute Gasteiger partial charge is 0.340 e. The van der Waals surface area contributed by atoms with Crippen molar-refractivity contribution in [2.75, 3.05) is 16.8 Å². The number of anilines is 4. The van der Waals surface area contributed by atoms with E-state index in [1.807, 2.05) is 18.2 Å². The normalized spacial score (nSPS) is 13.0. The third kappa shape index (κ3) is 2.87. The molecule has 4 nitrogen and oxygen atoms in total. The molecule has 1 N–H and O–H groups in total. The molecule has 0 fully saturated rings. The fraction of sp³-hybridized carbons (Fsp3) is 0.158. The molecular formula is C19H17BrN4. The zero-order chi connectivity index (χ0) is 16.5. The number of benzene rings is 2. The van der Waals surface area contributed by atoms with Crippen molar-refractivity contribution in [1.82, 2.24) is 9.97 Å². The number of nitrogens with one attached hydrogen (secondary N) is 1. The van der Waals surface area contributed by atoms with Crippen LogP contribution in [0, 0.1) is 6.92 Å². The quantitative estimate of drug-likeness (QED) is 0.694. The summed E-state index contributed by atoms with van der Waals surface area (Å²) in [6.45, 7) is 2.99. The van der Waals surface area contributed by atoms with Crippen molar-refractivity contribution in [3.63, 3.8) is 0 Å². The molecule has 0 spiro atoms. The molecule has 1 aromatic heterocycles. The van der Waals surface area contributed by atoms with Gasteiger partial charge < -0.3 is 10.2 Å². The molecule has 0 amide bonds. The number of aryl methyl sites for hydroxylation is 1. The highest BCUT2D eigenvalue weighted by Gasteiger charge is 2.21. The molecule has 0 atom stereocenters. The molecule has 0 bridgehead atoms. The van der Waals surface area contributed by atoms with Crippen LogP contribution in [0.2, 0.25) is 0 Å². The molecule has 3 aromatic rings. The molecule has 0 radical (unpaired) electrons. The highest BCUT2D eigenvalue weighted by Crippen LogP contribution is 2.32. The predicted molar refractivity (Wildman–Crippen MR) is 101 cm³/mol. The van der Waals surface area contributed by atoms with E-state index in [-0.39, 0.29) is 0 Å². The molecule has 5 heteroatoms. The van der Waals surface area contributed by atoms with Crippen LogP contribution in [-0.2, 0) is 6.42 Å². The van der Waals surface area contributed by atoms with Crippen LogP contribution < -0.4 is 10.2 Å². The van der Waals surface area contributed by atoms with Crippen molar-refractivity contribution in [2.45, 2.75) is 13.3 Å². The minimum Gasteiger partial charge on any atom is -0.340 e. The predicted octanol–water partition coefficient (Wildman–Crippen LogP) is 4.99. The van der Waals surface area contributed by atoms with Gasteiger partial charge in [0.25, 0.3) is 0 Å². The van der Waals surface area contributed by atoms with E-state index in [1.165, 1.54) is 16.8 Å². The van der Waals surface area contributed by atoms with Gasteiger partial charge in [-0.15, -0.1) is 0 Å². The van der Waals surface area contributed by atoms with Gasteiger partial charge in [-0.05, 0) is 54.8 Å². The van der Waals surface area contributed by atoms with Crippen LogP contribution in [0.1, 0.15) is 11.1 Å². The van der Waals surface area contributed by atoms with E-state index in [1.54, 1.807) is 6.20 Å². The number of para-hydroxylation sites is 1. The molecule has 0 aliphatic carbocycles. The van der Waals surface area contributed by atoms with Crippen molar-refractivity contribution < 1.29 is 0 Å². The van der Waals surface area contributed by atoms with Crippen LogP contribution in [0.3, 0.4) is 0 Å². The van der Waals surface area contributed by atoms with Gasteiger partial charge in [-0.3, -0.25) is 0 Å². The van der Waals surface area contributed by atoms with Crippen LogP contribution >= 0.6 is 15.9 Å². The number of nitrogens with zero attached hydrogens (tertiary/aromatic N) is 3. The maximum absolute atomic E-state index is 4.69. The third-order valence-electron chi connectivity index (χ3n) is 4.20. The lowest BCUT2D eigenvalue weighted by atomic mass is 10.2. The van der Waals surface area contributed by atoms with Gasteiger partial charge >= 0.3 is 0 Å². The lowest BCUT2D eigenvalue weighted by Crippen LogP contribution is -2.16. The lowest BCUT2D eigenvalue weighted by molar-refractivity contribution is 0.941. The van der Waals surface area contributed by atoms with Gasteiger partial charge in [-0.25, -0.2) is 4.98 Å². The Morgan fingerprint density at radius 1 is 1.12 bits per heavy atom. The summed E-state index contributed by atoms with van der Waals surface area (Å²) in [4.78, 5) is 11.3. The topological polar surface area (TPSA) is 41.1 Å². The average Bonchev–Trinajstić information content (AvgIpc) is 3.03. The molecule has 120 valence electrons. The minimum atomic E-state index is 0.735. The maximum atomic E-state index is 4.69. The Kier molecular flexibility index (Phi) is 3.94. The number of rotatable bonds is 3. The second kappa shape index (κ2) is 6.24. The van der Waals surface area contributed by atoms with Crippen LogP contribution in [0.5, 0.6) is 0 Å². The molecular weight excluding hydrogens is 364 g/mol. The summed E-state index contributed by atoms with van der Waals surface area (Å²) in [7, 11) is 0. The van der Waals surface area contributed by atoms with E-state index in [9.17, 15) is 0 Å². The minimum absolute atomic E-state index is 0.735. The monoisotopic (exact) mass is 380 g/mol. The summed E-state index contributed by atoms with van der Waals surface area (Å²) in [6.07, 6.45) is 2.83. The summed E-state index contributed by atoms with van der Waals surface area (Å²) < 4.78 is 1.10. The molecule has 24 heavy (non-hydrogen) atoms. The smallest absolute Gasteiger partial charge is 0.231 e. The van der Waals surface area contributed by atoms with Gasteiger partial charge in [0.15, 0.2) is 0 Å². The SMILES string of the molecule is Cc1cc(Nc2ccnc(N3CCc4ccccc43)n2)ccc1Br. The Hall–Kier alpha value is -2.40. The van der Waals surface area contributed by atoms with Gasteiger partial charge in [0, 0.05) is 28.6 Å². The average molecular weight is 381 g/mol. The number of hydrogen-bond donors (Lipinski definition) is 1. The van der Waals surface area contributed by atoms with E-state index in [4.69, 9.17) is 4.98 Å². The first-order valence-electron chi connectivity index (χ1n) is 7.92. The summed E-state index contributed by atoms with van der Waals surface area (Å²) in [5, 5.41) is 3.36. The standard InChI is InChI=1S/C19H17BrN4/c1-13-12-15(6-7-16(13)20)22-18-8-10-21-19(23-18)24-11-9-14-4-2-3-5-17(14)24/h2-8,10,12H,9,11H2,1H3,(H,21,22,23). The van der Waals surface area contributed by atoms with Crippen LogP contribution in [-0.4, -0.2) is 16.5 Å². The van der Waals surface area contributed by atoms with E-state index in [0.29, 0.717) is 0 Å². The van der Waals surface area contributed by atoms with Crippen molar-refractivity contribution in [1.29, 1.82) is 0 Å². The molecule has 2 aromatic carbocycles. The number of aromatic nitrogens is 2. The van der Waals surface area contributed by atoms with Crippen LogP contribution in [0.4, 0.5) is 23.1 Å². The first-order valence-corrected chi connectivity index (χ1v) is 8.72. The van der Waals surface area contributed by atoms with Gasteiger partial charge in [0.2, 0.25) is 5.95 Å². The number of halogens is 1. The van der Waals surface area contributed by atoms with Gasteiger partial charge in [0.05, 0.1) is 0 Å². The molecule has 0 unspecified atom stereocenters. The second-order valence-electron chi connectivity index (χ2n) is 5.86. The van der Waals surface area contributed by atoms with Crippen LogP contribution in [0.15, 0.2) is 59.2 Å². The zero-order valence-corrected chi connectivity index (χ0v) is 14.9. The fourth-order valence-electron chi connectivity index (χ4n) is 2.96. The van der Waals surface area contributed by atoms with E-state index < -0.39 is 0 Å².